The van der Waals surface area contributed by atoms with Crippen LogP contribution in [0.2, 0.25) is 0 Å². The molecule has 0 heterocycles. The average molecular weight is 462 g/mol. The van der Waals surface area contributed by atoms with Gasteiger partial charge in [0.1, 0.15) is 5.75 Å². The van der Waals surface area contributed by atoms with Crippen molar-refractivity contribution in [2.75, 3.05) is 6.61 Å². The van der Waals surface area contributed by atoms with Crippen LogP contribution in [-0.4, -0.2) is 24.8 Å². The zero-order valence-electron chi connectivity index (χ0n) is 16.1. The maximum absolute atomic E-state index is 11.4. The first-order valence-electron chi connectivity index (χ1n) is 9.67. The first-order valence-corrected chi connectivity index (χ1v) is 13.3. The van der Waals surface area contributed by atoms with E-state index in [0.29, 0.717) is 32.4 Å². The normalized spacial score (nSPS) is 27.4. The third-order valence-electron chi connectivity index (χ3n) is 6.16. The molecule has 5 nitrogen and oxygen atoms in total. The van der Waals surface area contributed by atoms with Gasteiger partial charge in [0.15, 0.2) is 6.61 Å². The van der Waals surface area contributed by atoms with E-state index in [1.807, 2.05) is 21.6 Å². The van der Waals surface area contributed by atoms with E-state index in [4.69, 9.17) is 13.8 Å². The smallest absolute Gasteiger partial charge is 0.346 e. The van der Waals surface area contributed by atoms with Crippen LogP contribution in [0.4, 0.5) is 0 Å². The molecule has 9 heteroatoms. The van der Waals surface area contributed by atoms with Crippen LogP contribution in [0.5, 0.6) is 5.75 Å². The number of hydrogen-bond donors (Lipinski definition) is 0. The van der Waals surface area contributed by atoms with E-state index in [1.54, 1.807) is 0 Å². The minimum Gasteiger partial charge on any atom is -0.482 e. The van der Waals surface area contributed by atoms with Crippen molar-refractivity contribution in [1.82, 2.24) is 0 Å². The van der Waals surface area contributed by atoms with E-state index in [0.717, 1.165) is 37.9 Å². The summed E-state index contributed by atoms with van der Waals surface area (Å²) in [4.78, 5) is 11.4. The lowest BCUT2D eigenvalue weighted by atomic mass is 9.73. The van der Waals surface area contributed by atoms with Crippen LogP contribution in [0, 0.1) is 17.8 Å². The molecule has 2 aliphatic rings. The summed E-state index contributed by atoms with van der Waals surface area (Å²) in [6, 6.07) is 6.17. The van der Waals surface area contributed by atoms with Gasteiger partial charge in [-0.25, -0.2) is 4.79 Å². The lowest BCUT2D eigenvalue weighted by Crippen LogP contribution is -2.28. The Morgan fingerprint density at radius 3 is 2.86 bits per heavy atom. The zero-order chi connectivity index (χ0) is 20.1. The first kappa shape index (κ1) is 22.8. The number of ether oxygens (including phenoxy) is 1. The Morgan fingerprint density at radius 2 is 2.14 bits per heavy atom. The van der Waals surface area contributed by atoms with Gasteiger partial charge in [-0.2, -0.15) is 0 Å². The molecule has 2 aliphatic carbocycles. The minimum atomic E-state index is -0.391. The van der Waals surface area contributed by atoms with E-state index in [-0.39, 0.29) is 12.7 Å². The molecule has 0 bridgehead atoms. The third-order valence-corrected chi connectivity index (χ3v) is 7.73. The first-order chi connectivity index (χ1) is 13.6. The molecule has 1 aromatic carbocycles. The molecule has 0 N–H and O–H groups in total. The number of rotatable bonds is 9. The molecule has 1 saturated carbocycles. The quantitative estimate of drug-likeness (QED) is 0.507. The molecule has 0 saturated heterocycles. The van der Waals surface area contributed by atoms with Gasteiger partial charge in [0.05, 0.1) is 21.7 Å². The van der Waals surface area contributed by atoms with Gasteiger partial charge < -0.3 is 18.3 Å². The van der Waals surface area contributed by atoms with Crippen LogP contribution in [0.25, 0.3) is 0 Å². The highest BCUT2D eigenvalue weighted by Crippen LogP contribution is 2.51. The van der Waals surface area contributed by atoms with Crippen molar-refractivity contribution in [2.24, 2.45) is 17.8 Å². The van der Waals surface area contributed by atoms with Gasteiger partial charge >= 0.3 is 5.97 Å². The van der Waals surface area contributed by atoms with Crippen molar-refractivity contribution >= 4 is 42.3 Å². The predicted octanol–water partition coefficient (Wildman–Crippen LogP) is 4.49. The Kier molecular flexibility index (Phi) is 8.92. The van der Waals surface area contributed by atoms with Gasteiger partial charge in [0.25, 0.3) is 0 Å². The van der Waals surface area contributed by atoms with Crippen molar-refractivity contribution < 1.29 is 23.1 Å². The lowest BCUT2D eigenvalue weighted by molar-refractivity contribution is -0.135. The van der Waals surface area contributed by atoms with Crippen molar-refractivity contribution in [3.05, 3.63) is 29.3 Å². The van der Waals surface area contributed by atoms with Crippen molar-refractivity contribution in [3.63, 3.8) is 0 Å². The zero-order valence-corrected chi connectivity index (χ0v) is 20.6. The average Bonchev–Trinajstić information content (AvgIpc) is 3.04. The summed E-state index contributed by atoms with van der Waals surface area (Å²) in [5, 5.41) is 0. The summed E-state index contributed by atoms with van der Waals surface area (Å²) in [7, 11) is 7.50. The summed E-state index contributed by atoms with van der Waals surface area (Å²) in [5.41, 5.74) is 2.59. The lowest BCUT2D eigenvalue weighted by Gasteiger charge is -2.33. The second-order valence-electron chi connectivity index (χ2n) is 7.70. The standard InChI is InChI=1S/C19H30O5P4/c1-11(22-25)5-6-14-15-7-12-3-2-4-17(21-10-19(20)23-26)16(12)8-13(15)9-18(14)24-28-27/h2-4,11,13-15,18,28H,5-10,25-27H2,1H3/t11-,13-,14+,15-,18+/m0/s1. The summed E-state index contributed by atoms with van der Waals surface area (Å²) in [6.07, 6.45) is 5.86. The largest absolute Gasteiger partial charge is 0.482 e. The Balaban J connectivity index is 1.75. The van der Waals surface area contributed by atoms with Crippen LogP contribution in [0.15, 0.2) is 18.2 Å². The number of fused-ring (bicyclic) bond motifs is 2. The molecular weight excluding hydrogens is 432 g/mol. The molecule has 0 spiro atoms. The number of benzene rings is 1. The van der Waals surface area contributed by atoms with Crippen LogP contribution in [0.1, 0.15) is 37.3 Å². The van der Waals surface area contributed by atoms with Crippen LogP contribution in [0.3, 0.4) is 0 Å². The van der Waals surface area contributed by atoms with Crippen LogP contribution in [-0.2, 0) is 31.2 Å². The number of carbonyl (C=O) groups excluding carboxylic acids is 1. The molecule has 0 amide bonds. The summed E-state index contributed by atoms with van der Waals surface area (Å²) in [6.45, 7) is 2.05. The molecule has 4 unspecified atom stereocenters. The van der Waals surface area contributed by atoms with E-state index in [9.17, 15) is 4.79 Å². The Morgan fingerprint density at radius 1 is 1.32 bits per heavy atom. The Bertz CT molecular complexity index is 674. The summed E-state index contributed by atoms with van der Waals surface area (Å²) >= 11 is 0. The van der Waals surface area contributed by atoms with Crippen molar-refractivity contribution in [2.45, 2.75) is 51.2 Å². The summed E-state index contributed by atoms with van der Waals surface area (Å²) in [5.74, 6) is 2.20. The van der Waals surface area contributed by atoms with Crippen LogP contribution < -0.4 is 4.74 Å². The highest BCUT2D eigenvalue weighted by Gasteiger charge is 2.46. The van der Waals surface area contributed by atoms with Gasteiger partial charge in [0.2, 0.25) is 0 Å². The van der Waals surface area contributed by atoms with E-state index in [2.05, 4.69) is 35.9 Å². The second-order valence-corrected chi connectivity index (χ2v) is 9.39. The van der Waals surface area contributed by atoms with Gasteiger partial charge in [-0.15, -0.1) is 0 Å². The fourth-order valence-corrected chi connectivity index (χ4v) is 5.97. The highest BCUT2D eigenvalue weighted by atomic mass is 32.0. The molecule has 1 fully saturated rings. The summed E-state index contributed by atoms with van der Waals surface area (Å²) < 4.78 is 21.9. The van der Waals surface area contributed by atoms with Gasteiger partial charge in [-0.05, 0) is 74.0 Å². The molecular formula is C19H30O5P4. The van der Waals surface area contributed by atoms with Crippen molar-refractivity contribution in [3.8, 4) is 5.75 Å². The maximum Gasteiger partial charge on any atom is 0.346 e. The molecule has 28 heavy (non-hydrogen) atoms. The third kappa shape index (κ3) is 5.43. The van der Waals surface area contributed by atoms with Gasteiger partial charge in [-0.3, -0.25) is 0 Å². The molecule has 1 aromatic rings. The predicted molar refractivity (Wildman–Crippen MR) is 123 cm³/mol. The van der Waals surface area contributed by atoms with Gasteiger partial charge in [-0.1, -0.05) is 21.1 Å². The highest BCUT2D eigenvalue weighted by molar-refractivity contribution is 8.00. The SMILES string of the molecule is C[C@@H](CC[C@@H]1[C@H]2Cc3cccc(OCC(=O)OP)c3C[C@H]2C[C@H]1OPP)OP. The molecule has 156 valence electrons. The Hall–Kier alpha value is 0.130. The Labute approximate surface area is 176 Å². The molecule has 3 rings (SSSR count). The van der Waals surface area contributed by atoms with E-state index < -0.39 is 5.97 Å². The van der Waals surface area contributed by atoms with E-state index in [1.165, 1.54) is 11.1 Å². The molecule has 0 radical (unpaired) electrons. The number of hydrogen-bond acceptors (Lipinski definition) is 5. The van der Waals surface area contributed by atoms with Crippen LogP contribution >= 0.6 is 36.4 Å². The fourth-order valence-electron chi connectivity index (χ4n) is 4.80. The molecule has 0 aromatic heterocycles. The second kappa shape index (κ2) is 10.9. The number of carbonyl (C=O) groups is 1. The fraction of sp³-hybridized carbons (Fsp3) is 0.632. The van der Waals surface area contributed by atoms with Gasteiger partial charge in [0, 0.05) is 18.0 Å². The molecule has 0 aliphatic heterocycles. The molecule has 9 atom stereocenters. The van der Waals surface area contributed by atoms with E-state index >= 15 is 0 Å². The minimum absolute atomic E-state index is 0.0660. The topological polar surface area (TPSA) is 54.0 Å². The monoisotopic (exact) mass is 462 g/mol. The maximum atomic E-state index is 11.4. The van der Waals surface area contributed by atoms with Crippen molar-refractivity contribution in [1.29, 1.82) is 0 Å².